The Labute approximate surface area is 315 Å². The molecule has 0 radical (unpaired) electrons. The van der Waals surface area contributed by atoms with E-state index in [1.165, 1.54) is 11.1 Å². The van der Waals surface area contributed by atoms with Crippen LogP contribution in [0.15, 0.2) is 124 Å². The number of allylic oxidation sites excluding steroid dienone is 16. The lowest BCUT2D eigenvalue weighted by Crippen LogP contribution is -2.19. The van der Waals surface area contributed by atoms with Gasteiger partial charge in [0, 0.05) is 44.0 Å². The predicted octanol–water partition coefficient (Wildman–Crippen LogP) is 11.1. The minimum atomic E-state index is 0. The molecule has 0 fully saturated rings. The van der Waals surface area contributed by atoms with E-state index in [4.69, 9.17) is 0 Å². The van der Waals surface area contributed by atoms with Crippen molar-refractivity contribution in [3.8, 4) is 0 Å². The maximum absolute atomic E-state index is 11.1. The molecule has 52 heavy (non-hydrogen) atoms. The van der Waals surface area contributed by atoms with Gasteiger partial charge in [-0.1, -0.05) is 137 Å². The number of hydrogen-bond acceptors (Lipinski definition) is 5. The van der Waals surface area contributed by atoms with E-state index in [0.29, 0.717) is 49.4 Å². The molecule has 1 aromatic rings. The van der Waals surface area contributed by atoms with Crippen molar-refractivity contribution < 1.29 is 19.2 Å². The smallest absolute Gasteiger partial charge is 0.250 e. The molecule has 0 N–H and O–H groups in total. The summed E-state index contributed by atoms with van der Waals surface area (Å²) in [5.74, 6) is 2.84. The first-order valence-corrected chi connectivity index (χ1v) is 17.8. The summed E-state index contributed by atoms with van der Waals surface area (Å²) in [6.45, 7) is 20.7. The van der Waals surface area contributed by atoms with Crippen LogP contribution in [0.3, 0.4) is 0 Å². The van der Waals surface area contributed by atoms with Crippen molar-refractivity contribution in [3.05, 3.63) is 130 Å². The third kappa shape index (κ3) is 19.8. The Hall–Kier alpha value is -4.45. The molecule has 4 aliphatic carbocycles. The van der Waals surface area contributed by atoms with Gasteiger partial charge in [-0.3, -0.25) is 24.0 Å². The second-order valence-electron chi connectivity index (χ2n) is 14.0. The molecule has 1 aromatic heterocycles. The van der Waals surface area contributed by atoms with Crippen LogP contribution in [-0.2, 0) is 19.2 Å². The minimum Gasteiger partial charge on any atom is -0.313 e. The molecule has 0 aliphatic heterocycles. The van der Waals surface area contributed by atoms with Gasteiger partial charge >= 0.3 is 0 Å². The van der Waals surface area contributed by atoms with Crippen LogP contribution in [0, 0.1) is 23.7 Å². The molecule has 5 rings (SSSR count). The summed E-state index contributed by atoms with van der Waals surface area (Å²) < 4.78 is 1.69. The molecule has 0 atom stereocenters. The molecule has 0 unspecified atom stereocenters. The van der Waals surface area contributed by atoms with Crippen LogP contribution in [0.1, 0.15) is 116 Å². The Morgan fingerprint density at radius 1 is 0.577 bits per heavy atom. The Balaban J connectivity index is 0. The number of Topliss-reactive ketones (excluding diaryl/α,β-unsaturated/α-hetero) is 1. The number of carbonyl (C=O) groups excluding carboxylic acids is 4. The fourth-order valence-corrected chi connectivity index (χ4v) is 4.87. The van der Waals surface area contributed by atoms with Crippen LogP contribution in [-0.4, -0.2) is 27.7 Å². The number of rotatable bonds is 5. The molecule has 0 spiro atoms. The predicted molar refractivity (Wildman–Crippen MR) is 221 cm³/mol. The number of hydrogen-bond donors (Lipinski definition) is 0. The Kier molecular flexibility index (Phi) is 25.2. The van der Waals surface area contributed by atoms with Gasteiger partial charge in [-0.2, -0.15) is 0 Å². The highest BCUT2D eigenvalue weighted by molar-refractivity contribution is 5.98. The van der Waals surface area contributed by atoms with Crippen molar-refractivity contribution in [2.24, 2.45) is 23.7 Å². The molecule has 4 aliphatic rings. The molecular formula is C46H67NO5. The molecule has 0 bridgehead atoms. The Bertz CT molecular complexity index is 1610. The summed E-state index contributed by atoms with van der Waals surface area (Å²) in [5, 5.41) is 0. The largest absolute Gasteiger partial charge is 0.313 e. The summed E-state index contributed by atoms with van der Waals surface area (Å²) in [7, 11) is 0. The quantitative estimate of drug-likeness (QED) is 0.303. The van der Waals surface area contributed by atoms with Crippen molar-refractivity contribution >= 4 is 23.1 Å². The van der Waals surface area contributed by atoms with Gasteiger partial charge in [-0.05, 0) is 78.5 Å². The fraction of sp³-hybridized carbons (Fsp3) is 0.457. The van der Waals surface area contributed by atoms with E-state index in [-0.39, 0.29) is 49.6 Å². The van der Waals surface area contributed by atoms with Gasteiger partial charge in [0.1, 0.15) is 0 Å². The molecule has 6 heteroatoms. The van der Waals surface area contributed by atoms with Crippen molar-refractivity contribution in [1.29, 1.82) is 0 Å². The van der Waals surface area contributed by atoms with Crippen LogP contribution >= 0.6 is 0 Å². The third-order valence-electron chi connectivity index (χ3n) is 8.07. The number of pyridine rings is 1. The van der Waals surface area contributed by atoms with Crippen LogP contribution in [0.2, 0.25) is 0 Å². The summed E-state index contributed by atoms with van der Waals surface area (Å²) in [6, 6.07) is 5.44. The van der Waals surface area contributed by atoms with E-state index >= 15 is 0 Å². The Morgan fingerprint density at radius 2 is 1.23 bits per heavy atom. The van der Waals surface area contributed by atoms with Crippen LogP contribution in [0.25, 0.3) is 0 Å². The van der Waals surface area contributed by atoms with Gasteiger partial charge in [-0.15, -0.1) is 0 Å². The van der Waals surface area contributed by atoms with Gasteiger partial charge in [0.05, 0.1) is 0 Å². The van der Waals surface area contributed by atoms with Crippen molar-refractivity contribution in [1.82, 2.24) is 4.57 Å². The summed E-state index contributed by atoms with van der Waals surface area (Å²) in [4.78, 5) is 54.5. The highest BCUT2D eigenvalue weighted by Crippen LogP contribution is 2.18. The molecule has 0 amide bonds. The average Bonchev–Trinajstić information content (AvgIpc) is 3.06. The first kappa shape index (κ1) is 49.7. The average molecular weight is 714 g/mol. The molecule has 286 valence electrons. The summed E-state index contributed by atoms with van der Waals surface area (Å²) in [5.41, 5.74) is 4.70. The van der Waals surface area contributed by atoms with Crippen molar-refractivity contribution in [3.63, 3.8) is 0 Å². The van der Waals surface area contributed by atoms with E-state index in [1.807, 2.05) is 88.4 Å². The zero-order valence-corrected chi connectivity index (χ0v) is 31.9. The maximum Gasteiger partial charge on any atom is 0.250 e. The van der Waals surface area contributed by atoms with E-state index in [9.17, 15) is 24.0 Å². The third-order valence-corrected chi connectivity index (χ3v) is 8.07. The Morgan fingerprint density at radius 3 is 1.62 bits per heavy atom. The first-order valence-electron chi connectivity index (χ1n) is 17.8. The van der Waals surface area contributed by atoms with E-state index in [0.717, 1.165) is 11.1 Å². The summed E-state index contributed by atoms with van der Waals surface area (Å²) in [6.07, 6.45) is 26.7. The van der Waals surface area contributed by atoms with Gasteiger partial charge in [-0.25, -0.2) is 0 Å². The number of ketones is 4. The molecule has 0 saturated heterocycles. The van der Waals surface area contributed by atoms with Crippen LogP contribution < -0.4 is 5.56 Å². The van der Waals surface area contributed by atoms with Gasteiger partial charge in [0.2, 0.25) is 0 Å². The number of aromatic nitrogens is 1. The first-order chi connectivity index (χ1) is 23.5. The summed E-state index contributed by atoms with van der Waals surface area (Å²) >= 11 is 0. The molecular weight excluding hydrogens is 647 g/mol. The van der Waals surface area contributed by atoms with Crippen molar-refractivity contribution in [2.75, 3.05) is 0 Å². The normalized spacial score (nSPS) is 15.8. The fourth-order valence-electron chi connectivity index (χ4n) is 4.87. The second kappa shape index (κ2) is 26.3. The monoisotopic (exact) mass is 714 g/mol. The lowest BCUT2D eigenvalue weighted by atomic mass is 9.94. The van der Waals surface area contributed by atoms with E-state index < -0.39 is 0 Å². The highest BCUT2D eigenvalue weighted by Gasteiger charge is 2.13. The zero-order valence-electron chi connectivity index (χ0n) is 31.9. The van der Waals surface area contributed by atoms with E-state index in [2.05, 4.69) is 41.5 Å². The van der Waals surface area contributed by atoms with Crippen LogP contribution in [0.5, 0.6) is 0 Å². The molecule has 0 aromatic carbocycles. The molecule has 6 nitrogen and oxygen atoms in total. The standard InChI is InChI=1S/4C9H12O.C8H11NO.2CH4/c1-7(2)8-3-5-9(10)6-4-8;2*1-7(2)8-4-3-5-9(10)6-8;1-7(2)8-5-3-4-6-9(8)10;1-7(2)9-6-4-3-5-8(9)10;;/h3-5,7H,6H2,1-2H3;3-4,6-7H,5H2,1-2H3;2*3-5,7H,6H2,1-2H3;3-7H,1-2H3;2*1H4. The lowest BCUT2D eigenvalue weighted by molar-refractivity contribution is -0.115. The maximum atomic E-state index is 11.1. The second-order valence-corrected chi connectivity index (χ2v) is 14.0. The topological polar surface area (TPSA) is 90.3 Å². The SMILES string of the molecule is C.C.CC(C)C1=CC(=O)CC=C1.CC(C)C1=CC=CC(=O)C1.CC(C)C1=CC=CCC1=O.CC(C)C1=CCC(=O)C=C1.CC(C)n1ccccc1=O. The number of carbonyl (C=O) groups is 4. The van der Waals surface area contributed by atoms with Gasteiger partial charge in [0.15, 0.2) is 23.1 Å². The lowest BCUT2D eigenvalue weighted by Gasteiger charge is -2.10. The van der Waals surface area contributed by atoms with E-state index in [1.54, 1.807) is 41.1 Å². The molecule has 1 heterocycles. The highest BCUT2D eigenvalue weighted by atomic mass is 16.1. The molecule has 0 saturated carbocycles. The minimum absolute atomic E-state index is 0. The zero-order chi connectivity index (χ0) is 37.8. The number of nitrogens with zero attached hydrogens (tertiary/aromatic N) is 1. The van der Waals surface area contributed by atoms with Gasteiger partial charge in [0.25, 0.3) is 5.56 Å². The van der Waals surface area contributed by atoms with Crippen molar-refractivity contribution in [2.45, 2.75) is 116 Å². The van der Waals surface area contributed by atoms with Gasteiger partial charge < -0.3 is 4.57 Å². The van der Waals surface area contributed by atoms with Crippen LogP contribution in [0.4, 0.5) is 0 Å².